The van der Waals surface area contributed by atoms with Gasteiger partial charge in [0.1, 0.15) is 0 Å². The van der Waals surface area contributed by atoms with Gasteiger partial charge in [-0.05, 0) is 37.6 Å². The first-order chi connectivity index (χ1) is 13.8. The fourth-order valence-electron chi connectivity index (χ4n) is 2.91. The fourth-order valence-corrected chi connectivity index (χ4v) is 2.91. The minimum absolute atomic E-state index is 0.104. The van der Waals surface area contributed by atoms with E-state index < -0.39 is 22.8 Å². The number of aliphatic carboxylic acids is 1. The highest BCUT2D eigenvalue weighted by Crippen LogP contribution is 2.31. The summed E-state index contributed by atoms with van der Waals surface area (Å²) >= 11 is 0. The van der Waals surface area contributed by atoms with Gasteiger partial charge in [-0.25, -0.2) is 0 Å². The number of rotatable bonds is 9. The first kappa shape index (κ1) is 21.7. The van der Waals surface area contributed by atoms with Crippen LogP contribution in [0.5, 0.6) is 11.5 Å². The van der Waals surface area contributed by atoms with Gasteiger partial charge in [0.2, 0.25) is 0 Å². The van der Waals surface area contributed by atoms with Crippen LogP contribution in [0.2, 0.25) is 0 Å². The normalized spacial score (nSPS) is 11.4. The highest BCUT2D eigenvalue weighted by molar-refractivity contribution is 5.97. The minimum Gasteiger partial charge on any atom is -0.493 e. The minimum atomic E-state index is -1.11. The molecule has 2 N–H and O–H groups in total. The molecule has 0 radical (unpaired) electrons. The van der Waals surface area contributed by atoms with Crippen LogP contribution >= 0.6 is 0 Å². The van der Waals surface area contributed by atoms with Crippen molar-refractivity contribution in [1.29, 1.82) is 0 Å². The van der Waals surface area contributed by atoms with E-state index in [1.54, 1.807) is 18.2 Å². The molecule has 0 spiro atoms. The Bertz CT molecular complexity index is 927. The third-order valence-corrected chi connectivity index (χ3v) is 4.32. The van der Waals surface area contributed by atoms with Gasteiger partial charge in [-0.15, -0.1) is 0 Å². The van der Waals surface area contributed by atoms with E-state index in [1.165, 1.54) is 32.2 Å². The molecule has 0 aromatic heterocycles. The number of amides is 1. The number of carbonyl (C=O) groups is 2. The van der Waals surface area contributed by atoms with Gasteiger partial charge in [0.05, 0.1) is 31.1 Å². The molecule has 2 aromatic rings. The number of ether oxygens (including phenoxy) is 2. The molecule has 0 saturated carbocycles. The summed E-state index contributed by atoms with van der Waals surface area (Å²) in [5.41, 5.74) is 0.625. The van der Waals surface area contributed by atoms with E-state index >= 15 is 0 Å². The lowest BCUT2D eigenvalue weighted by molar-refractivity contribution is -0.385. The summed E-state index contributed by atoms with van der Waals surface area (Å²) in [4.78, 5) is 34.6. The van der Waals surface area contributed by atoms with E-state index in [9.17, 15) is 24.8 Å². The molecule has 9 heteroatoms. The SMILES string of the molecule is CCOc1ccc(C(CC(=O)O)NC(=O)c2cccc([N+](=O)[O-])c2C)cc1OC. The second kappa shape index (κ2) is 9.54. The van der Waals surface area contributed by atoms with Gasteiger partial charge in [-0.1, -0.05) is 12.1 Å². The molecule has 0 fully saturated rings. The van der Waals surface area contributed by atoms with Crippen LogP contribution in [0.15, 0.2) is 36.4 Å². The Labute approximate surface area is 167 Å². The molecule has 0 heterocycles. The van der Waals surface area contributed by atoms with Crippen molar-refractivity contribution in [2.45, 2.75) is 26.3 Å². The number of carboxylic acids is 1. The van der Waals surface area contributed by atoms with Crippen LogP contribution < -0.4 is 14.8 Å². The number of carboxylic acid groups (broad SMARTS) is 1. The summed E-state index contributed by atoms with van der Waals surface area (Å²) in [5, 5.41) is 23.0. The summed E-state index contributed by atoms with van der Waals surface area (Å²) in [6.07, 6.45) is -0.378. The van der Waals surface area contributed by atoms with Crippen molar-refractivity contribution >= 4 is 17.6 Å². The van der Waals surface area contributed by atoms with Crippen molar-refractivity contribution in [2.75, 3.05) is 13.7 Å². The molecule has 0 aliphatic heterocycles. The zero-order valence-electron chi connectivity index (χ0n) is 16.3. The Morgan fingerprint density at radius 2 is 1.97 bits per heavy atom. The van der Waals surface area contributed by atoms with Crippen LogP contribution in [0.4, 0.5) is 5.69 Å². The van der Waals surface area contributed by atoms with E-state index in [0.29, 0.717) is 23.7 Å². The quantitative estimate of drug-likeness (QED) is 0.487. The maximum atomic E-state index is 12.7. The third-order valence-electron chi connectivity index (χ3n) is 4.32. The predicted molar refractivity (Wildman–Crippen MR) is 104 cm³/mol. The van der Waals surface area contributed by atoms with E-state index in [2.05, 4.69) is 5.32 Å². The molecular weight excluding hydrogens is 380 g/mol. The number of nitrogens with zero attached hydrogens (tertiary/aromatic N) is 1. The number of nitrogens with one attached hydrogen (secondary N) is 1. The number of methoxy groups -OCH3 is 1. The summed E-state index contributed by atoms with van der Waals surface area (Å²) in [6, 6.07) is 8.17. The number of nitro benzene ring substituents is 1. The molecule has 2 rings (SSSR count). The van der Waals surface area contributed by atoms with Crippen LogP contribution in [0.3, 0.4) is 0 Å². The maximum absolute atomic E-state index is 12.7. The average molecular weight is 402 g/mol. The number of nitro groups is 1. The Hall–Kier alpha value is -3.62. The molecule has 1 amide bonds. The van der Waals surface area contributed by atoms with Gasteiger partial charge >= 0.3 is 5.97 Å². The van der Waals surface area contributed by atoms with Crippen molar-refractivity contribution in [3.63, 3.8) is 0 Å². The lowest BCUT2D eigenvalue weighted by Crippen LogP contribution is -2.30. The Balaban J connectivity index is 2.37. The standard InChI is InChI=1S/C20H22N2O7/c1-4-29-17-9-8-13(10-18(17)28-3)15(11-19(23)24)21-20(25)14-6-5-7-16(12(14)2)22(26)27/h5-10,15H,4,11H2,1-3H3,(H,21,25)(H,23,24). The molecule has 0 aliphatic rings. The summed E-state index contributed by atoms with van der Waals surface area (Å²) in [6.45, 7) is 3.72. The molecule has 29 heavy (non-hydrogen) atoms. The highest BCUT2D eigenvalue weighted by atomic mass is 16.6. The Morgan fingerprint density at radius 3 is 2.55 bits per heavy atom. The van der Waals surface area contributed by atoms with Crippen molar-refractivity contribution in [2.24, 2.45) is 0 Å². The molecule has 2 aromatic carbocycles. The molecule has 154 valence electrons. The van der Waals surface area contributed by atoms with Crippen molar-refractivity contribution in [1.82, 2.24) is 5.32 Å². The van der Waals surface area contributed by atoms with Crippen LogP contribution in [0.25, 0.3) is 0 Å². The molecule has 0 aliphatic carbocycles. The lowest BCUT2D eigenvalue weighted by atomic mass is 10.0. The molecule has 0 saturated heterocycles. The van der Waals surface area contributed by atoms with Gasteiger partial charge in [0.25, 0.3) is 11.6 Å². The largest absolute Gasteiger partial charge is 0.493 e. The van der Waals surface area contributed by atoms with Gasteiger partial charge in [0.15, 0.2) is 11.5 Å². The maximum Gasteiger partial charge on any atom is 0.305 e. The number of hydrogen-bond acceptors (Lipinski definition) is 6. The molecule has 1 atom stereocenters. The highest BCUT2D eigenvalue weighted by Gasteiger charge is 2.23. The first-order valence-electron chi connectivity index (χ1n) is 8.85. The van der Waals surface area contributed by atoms with Crippen LogP contribution in [-0.2, 0) is 4.79 Å². The third kappa shape index (κ3) is 5.22. The van der Waals surface area contributed by atoms with Gasteiger partial charge in [0, 0.05) is 17.2 Å². The molecule has 0 bridgehead atoms. The van der Waals surface area contributed by atoms with Crippen LogP contribution in [0, 0.1) is 17.0 Å². The molecule has 9 nitrogen and oxygen atoms in total. The topological polar surface area (TPSA) is 128 Å². The van der Waals surface area contributed by atoms with E-state index in [0.717, 1.165) is 0 Å². The van der Waals surface area contributed by atoms with Crippen molar-refractivity contribution < 1.29 is 29.1 Å². The summed E-state index contributed by atoms with van der Waals surface area (Å²) in [5.74, 6) is -0.821. The lowest BCUT2D eigenvalue weighted by Gasteiger charge is -2.20. The van der Waals surface area contributed by atoms with E-state index in [-0.39, 0.29) is 23.2 Å². The van der Waals surface area contributed by atoms with Crippen LogP contribution in [0.1, 0.15) is 40.9 Å². The van der Waals surface area contributed by atoms with Crippen molar-refractivity contribution in [3.8, 4) is 11.5 Å². The second-order valence-corrected chi connectivity index (χ2v) is 6.17. The Kier molecular flexibility index (Phi) is 7.13. The molecular formula is C20H22N2O7. The van der Waals surface area contributed by atoms with Gasteiger partial charge in [-0.3, -0.25) is 19.7 Å². The Morgan fingerprint density at radius 1 is 1.24 bits per heavy atom. The second-order valence-electron chi connectivity index (χ2n) is 6.17. The zero-order valence-corrected chi connectivity index (χ0v) is 16.3. The van der Waals surface area contributed by atoms with Gasteiger partial charge in [-0.2, -0.15) is 0 Å². The zero-order chi connectivity index (χ0) is 21.6. The molecule has 1 unspecified atom stereocenters. The smallest absolute Gasteiger partial charge is 0.305 e. The summed E-state index contributed by atoms with van der Waals surface area (Å²) < 4.78 is 10.7. The first-order valence-corrected chi connectivity index (χ1v) is 8.85. The average Bonchev–Trinajstić information content (AvgIpc) is 2.67. The number of hydrogen-bond donors (Lipinski definition) is 2. The van der Waals surface area contributed by atoms with Gasteiger partial charge < -0.3 is 19.9 Å². The van der Waals surface area contributed by atoms with E-state index in [1.807, 2.05) is 6.92 Å². The van der Waals surface area contributed by atoms with E-state index in [4.69, 9.17) is 9.47 Å². The predicted octanol–water partition coefficient (Wildman–Crippen LogP) is 3.26. The van der Waals surface area contributed by atoms with Crippen molar-refractivity contribution in [3.05, 3.63) is 63.2 Å². The summed E-state index contributed by atoms with van der Waals surface area (Å²) in [7, 11) is 1.46. The monoisotopic (exact) mass is 402 g/mol. The number of benzene rings is 2. The fraction of sp³-hybridized carbons (Fsp3) is 0.300. The van der Waals surface area contributed by atoms with Crippen LogP contribution in [-0.4, -0.2) is 35.6 Å². The number of carbonyl (C=O) groups excluding carboxylic acids is 1.